The Hall–Kier alpha value is -3.15. The van der Waals surface area contributed by atoms with E-state index < -0.39 is 11.9 Å². The summed E-state index contributed by atoms with van der Waals surface area (Å²) in [7, 11) is 0. The maximum Gasteiger partial charge on any atom is 0.307 e. The van der Waals surface area contributed by atoms with E-state index in [-0.39, 0.29) is 12.2 Å². The van der Waals surface area contributed by atoms with Crippen LogP contribution in [0, 0.1) is 5.92 Å². The number of carboxylic acids is 1. The molecule has 0 amide bonds. The van der Waals surface area contributed by atoms with Crippen molar-refractivity contribution >= 4 is 28.5 Å². The smallest absolute Gasteiger partial charge is 0.307 e. The normalized spacial score (nSPS) is 12.0. The number of rotatable bonds is 9. The number of aliphatic carboxylic acids is 1. The lowest BCUT2D eigenvalue weighted by molar-refractivity contribution is -0.143. The van der Waals surface area contributed by atoms with E-state index in [1.54, 1.807) is 6.33 Å². The van der Waals surface area contributed by atoms with Crippen molar-refractivity contribution in [3.8, 4) is 0 Å². The second-order valence-corrected chi connectivity index (χ2v) is 6.28. The SMILES string of the molecule is O=C(CCNc1ccc2nc[nH]c2c1)CC(Cc1ccccc1)C(=O)O. The van der Waals surface area contributed by atoms with E-state index in [0.29, 0.717) is 19.4 Å². The zero-order valence-electron chi connectivity index (χ0n) is 14.3. The summed E-state index contributed by atoms with van der Waals surface area (Å²) >= 11 is 0. The molecule has 0 aliphatic rings. The van der Waals surface area contributed by atoms with Crippen LogP contribution in [0.2, 0.25) is 0 Å². The standard InChI is InChI=1S/C20H21N3O3/c24-17(11-15(20(25)26)10-14-4-2-1-3-5-14)8-9-21-16-6-7-18-19(12-16)23-13-22-18/h1-7,12-13,15,21H,8-11H2,(H,22,23)(H,25,26). The Kier molecular flexibility index (Phi) is 5.63. The quantitative estimate of drug-likeness (QED) is 0.550. The number of hydrogen-bond acceptors (Lipinski definition) is 4. The summed E-state index contributed by atoms with van der Waals surface area (Å²) in [6.07, 6.45) is 2.34. The number of aromatic nitrogens is 2. The zero-order valence-corrected chi connectivity index (χ0v) is 14.3. The van der Waals surface area contributed by atoms with Crippen molar-refractivity contribution in [1.82, 2.24) is 9.97 Å². The summed E-state index contributed by atoms with van der Waals surface area (Å²) in [5.41, 5.74) is 3.64. The number of aromatic amines is 1. The van der Waals surface area contributed by atoms with Gasteiger partial charge in [-0.2, -0.15) is 0 Å². The van der Waals surface area contributed by atoms with Gasteiger partial charge in [0.2, 0.25) is 0 Å². The first-order valence-corrected chi connectivity index (χ1v) is 8.57. The fraction of sp³-hybridized carbons (Fsp3) is 0.250. The molecule has 1 atom stereocenters. The molecule has 0 radical (unpaired) electrons. The van der Waals surface area contributed by atoms with Crippen LogP contribution in [0.4, 0.5) is 5.69 Å². The Morgan fingerprint density at radius 3 is 2.73 bits per heavy atom. The molecule has 6 heteroatoms. The van der Waals surface area contributed by atoms with Gasteiger partial charge in [0.1, 0.15) is 5.78 Å². The third kappa shape index (κ3) is 4.69. The van der Waals surface area contributed by atoms with E-state index in [2.05, 4.69) is 15.3 Å². The number of hydrogen-bond donors (Lipinski definition) is 3. The molecule has 3 aromatic rings. The molecular formula is C20H21N3O3. The van der Waals surface area contributed by atoms with Gasteiger partial charge in [0.05, 0.1) is 23.3 Å². The largest absolute Gasteiger partial charge is 0.481 e. The molecule has 0 aliphatic carbocycles. The van der Waals surface area contributed by atoms with Gasteiger partial charge in [-0.15, -0.1) is 0 Å². The Morgan fingerprint density at radius 1 is 1.15 bits per heavy atom. The van der Waals surface area contributed by atoms with E-state index in [1.807, 2.05) is 48.5 Å². The van der Waals surface area contributed by atoms with Gasteiger partial charge in [0, 0.05) is 25.1 Å². The second kappa shape index (κ2) is 8.29. The first kappa shape index (κ1) is 17.7. The summed E-state index contributed by atoms with van der Waals surface area (Å²) in [4.78, 5) is 30.8. The number of H-pyrrole nitrogens is 1. The van der Waals surface area contributed by atoms with Crippen LogP contribution in [-0.4, -0.2) is 33.4 Å². The summed E-state index contributed by atoms with van der Waals surface area (Å²) < 4.78 is 0. The molecule has 1 aromatic heterocycles. The van der Waals surface area contributed by atoms with Crippen LogP contribution in [0.3, 0.4) is 0 Å². The van der Waals surface area contributed by atoms with Gasteiger partial charge in [0.15, 0.2) is 0 Å². The molecule has 6 nitrogen and oxygen atoms in total. The van der Waals surface area contributed by atoms with Gasteiger partial charge < -0.3 is 15.4 Å². The molecule has 1 unspecified atom stereocenters. The Labute approximate surface area is 151 Å². The van der Waals surface area contributed by atoms with Gasteiger partial charge in [-0.1, -0.05) is 30.3 Å². The summed E-state index contributed by atoms with van der Waals surface area (Å²) in [5, 5.41) is 12.6. The third-order valence-corrected chi connectivity index (χ3v) is 4.30. The number of nitrogens with zero attached hydrogens (tertiary/aromatic N) is 1. The highest BCUT2D eigenvalue weighted by Crippen LogP contribution is 2.17. The van der Waals surface area contributed by atoms with Crippen LogP contribution in [0.15, 0.2) is 54.9 Å². The molecule has 0 bridgehead atoms. The average Bonchev–Trinajstić information content (AvgIpc) is 3.10. The maximum absolute atomic E-state index is 12.2. The number of nitrogens with one attached hydrogen (secondary N) is 2. The van der Waals surface area contributed by atoms with Crippen molar-refractivity contribution in [3.05, 3.63) is 60.4 Å². The first-order valence-electron chi connectivity index (χ1n) is 8.57. The monoisotopic (exact) mass is 351 g/mol. The summed E-state index contributed by atoms with van der Waals surface area (Å²) in [6, 6.07) is 15.1. The Balaban J connectivity index is 1.49. The summed E-state index contributed by atoms with van der Waals surface area (Å²) in [6.45, 7) is 0.468. The maximum atomic E-state index is 12.2. The number of Topliss-reactive ketones (excluding diaryl/α,β-unsaturated/α-hetero) is 1. The van der Waals surface area contributed by atoms with Gasteiger partial charge in [-0.3, -0.25) is 9.59 Å². The van der Waals surface area contributed by atoms with Crippen LogP contribution in [0.1, 0.15) is 18.4 Å². The lowest BCUT2D eigenvalue weighted by Gasteiger charge is -2.12. The van der Waals surface area contributed by atoms with Crippen molar-refractivity contribution < 1.29 is 14.7 Å². The molecule has 1 heterocycles. The van der Waals surface area contributed by atoms with Gasteiger partial charge in [0.25, 0.3) is 0 Å². The molecule has 0 aliphatic heterocycles. The third-order valence-electron chi connectivity index (χ3n) is 4.30. The fourth-order valence-electron chi connectivity index (χ4n) is 2.91. The molecule has 0 fully saturated rings. The van der Waals surface area contributed by atoms with Gasteiger partial charge in [-0.05, 0) is 30.2 Å². The molecule has 3 rings (SSSR count). The van der Waals surface area contributed by atoms with Crippen molar-refractivity contribution in [2.75, 3.05) is 11.9 Å². The van der Waals surface area contributed by atoms with Crippen LogP contribution in [0.5, 0.6) is 0 Å². The zero-order chi connectivity index (χ0) is 18.4. The van der Waals surface area contributed by atoms with Crippen molar-refractivity contribution in [3.63, 3.8) is 0 Å². The number of carbonyl (C=O) groups excluding carboxylic acids is 1. The topological polar surface area (TPSA) is 95.1 Å². The van der Waals surface area contributed by atoms with Gasteiger partial charge in [-0.25, -0.2) is 4.98 Å². The van der Waals surface area contributed by atoms with Crippen LogP contribution in [0.25, 0.3) is 11.0 Å². The molecular weight excluding hydrogens is 330 g/mol. The highest BCUT2D eigenvalue weighted by atomic mass is 16.4. The average molecular weight is 351 g/mol. The molecule has 3 N–H and O–H groups in total. The fourth-order valence-corrected chi connectivity index (χ4v) is 2.91. The predicted molar refractivity (Wildman–Crippen MR) is 100 cm³/mol. The van der Waals surface area contributed by atoms with Crippen molar-refractivity contribution in [2.24, 2.45) is 5.92 Å². The number of imidazole rings is 1. The molecule has 0 spiro atoms. The van der Waals surface area contributed by atoms with Crippen LogP contribution >= 0.6 is 0 Å². The molecule has 134 valence electrons. The van der Waals surface area contributed by atoms with Gasteiger partial charge >= 0.3 is 5.97 Å². The predicted octanol–water partition coefficient (Wildman–Crippen LogP) is 3.27. The van der Waals surface area contributed by atoms with E-state index in [4.69, 9.17) is 0 Å². The van der Waals surface area contributed by atoms with Crippen LogP contribution < -0.4 is 5.32 Å². The summed E-state index contributed by atoms with van der Waals surface area (Å²) in [5.74, 6) is -1.67. The molecule has 0 saturated heterocycles. The lowest BCUT2D eigenvalue weighted by Crippen LogP contribution is -2.21. The number of ketones is 1. The number of carbonyl (C=O) groups is 2. The minimum Gasteiger partial charge on any atom is -0.481 e. The number of benzene rings is 2. The van der Waals surface area contributed by atoms with E-state index in [9.17, 15) is 14.7 Å². The Bertz CT molecular complexity index is 889. The van der Waals surface area contributed by atoms with Crippen molar-refractivity contribution in [2.45, 2.75) is 19.3 Å². The number of anilines is 1. The second-order valence-electron chi connectivity index (χ2n) is 6.28. The van der Waals surface area contributed by atoms with Crippen LogP contribution in [-0.2, 0) is 16.0 Å². The Morgan fingerprint density at radius 2 is 1.96 bits per heavy atom. The first-order chi connectivity index (χ1) is 12.6. The number of carboxylic acid groups (broad SMARTS) is 1. The highest BCUT2D eigenvalue weighted by molar-refractivity contribution is 5.84. The molecule has 26 heavy (non-hydrogen) atoms. The van der Waals surface area contributed by atoms with Crippen molar-refractivity contribution in [1.29, 1.82) is 0 Å². The minimum absolute atomic E-state index is 0.0471. The lowest BCUT2D eigenvalue weighted by atomic mass is 9.93. The van der Waals surface area contributed by atoms with E-state index >= 15 is 0 Å². The van der Waals surface area contributed by atoms with E-state index in [1.165, 1.54) is 0 Å². The van der Waals surface area contributed by atoms with E-state index in [0.717, 1.165) is 22.3 Å². The minimum atomic E-state index is -0.931. The highest BCUT2D eigenvalue weighted by Gasteiger charge is 2.21. The molecule has 0 saturated carbocycles. The number of fused-ring (bicyclic) bond motifs is 1. The molecule has 2 aromatic carbocycles.